The van der Waals surface area contributed by atoms with E-state index in [2.05, 4.69) is 21.2 Å². The molecule has 1 aromatic carbocycles. The fraction of sp³-hybridized carbons (Fsp3) is 0.565. The van der Waals surface area contributed by atoms with Crippen LogP contribution in [-0.2, 0) is 42.1 Å². The van der Waals surface area contributed by atoms with Gasteiger partial charge in [0.15, 0.2) is 11.1 Å². The van der Waals surface area contributed by atoms with E-state index in [1.54, 1.807) is 4.68 Å². The number of fused-ring (bicyclic) bond motifs is 2. The smallest absolute Gasteiger partial charge is 0.423 e. The minimum absolute atomic E-state index is 0. The molecule has 1 aromatic heterocycles. The van der Waals surface area contributed by atoms with Crippen LogP contribution in [0.5, 0.6) is 0 Å². The molecule has 1 heterocycles. The van der Waals surface area contributed by atoms with Crippen molar-refractivity contribution in [2.75, 3.05) is 26.0 Å². The molecule has 0 spiro atoms. The summed E-state index contributed by atoms with van der Waals surface area (Å²) in [6.07, 6.45) is 6.57. The topological polar surface area (TPSA) is 98.4 Å². The maximum Gasteiger partial charge on any atom is 1.00 e. The quantitative estimate of drug-likeness (QED) is 0.591. The van der Waals surface area contributed by atoms with Crippen LogP contribution in [0.3, 0.4) is 0 Å². The molecular formula is C23H32N5NaO3S. The Morgan fingerprint density at radius 3 is 2.27 bits per heavy atom. The molecule has 10 heteroatoms. The number of hydrogen-bond acceptors (Lipinski definition) is 5. The Balaban J connectivity index is 0.00000306. The number of aryl methyl sites for hydroxylation is 2. The molecule has 2 amide bonds. The van der Waals surface area contributed by atoms with E-state index in [1.807, 2.05) is 32.8 Å². The summed E-state index contributed by atoms with van der Waals surface area (Å²) in [4.78, 5) is 14.8. The van der Waals surface area contributed by atoms with E-state index in [4.69, 9.17) is 0 Å². The molecule has 33 heavy (non-hydrogen) atoms. The number of urea groups is 1. The van der Waals surface area contributed by atoms with Crippen molar-refractivity contribution in [1.29, 1.82) is 0 Å². The molecule has 2 aliphatic rings. The van der Waals surface area contributed by atoms with Crippen LogP contribution in [0.4, 0.5) is 10.5 Å². The minimum atomic E-state index is -4.21. The number of rotatable bonds is 7. The fourth-order valence-electron chi connectivity index (χ4n) is 4.76. The Morgan fingerprint density at radius 1 is 1.12 bits per heavy atom. The van der Waals surface area contributed by atoms with E-state index in [9.17, 15) is 13.2 Å². The van der Waals surface area contributed by atoms with Gasteiger partial charge < -0.3 is 14.9 Å². The molecule has 0 bridgehead atoms. The maximum atomic E-state index is 12.9. The molecule has 0 radical (unpaired) electrons. The van der Waals surface area contributed by atoms with Gasteiger partial charge in [0, 0.05) is 24.7 Å². The first-order chi connectivity index (χ1) is 15.2. The number of nitrogens with zero attached hydrogens (tertiary/aromatic N) is 4. The molecule has 2 aromatic rings. The molecule has 2 aliphatic carbocycles. The standard InChI is InChI=1S/C23H33N5O3S.Na/c1-15(2)28-18(11-12-27(3)4)14-21(25-28)32(30,31)26-23(29)24-22-19-9-5-7-16(19)13-17-8-6-10-20(17)22;/h13-15H,5-12H2,1-4H3,(H2,24,26,29);/q;+1/p-1. The van der Waals surface area contributed by atoms with Crippen molar-refractivity contribution in [3.05, 3.63) is 44.8 Å². The number of amides is 2. The Morgan fingerprint density at radius 2 is 1.73 bits per heavy atom. The number of likely N-dealkylation sites (N-methyl/N-ethyl adjacent to an activating group) is 1. The van der Waals surface area contributed by atoms with Gasteiger partial charge in [0.05, 0.1) is 0 Å². The van der Waals surface area contributed by atoms with Crippen molar-refractivity contribution in [3.8, 4) is 0 Å². The van der Waals surface area contributed by atoms with E-state index in [0.29, 0.717) is 6.42 Å². The normalized spacial score (nSPS) is 14.8. The Kier molecular flexibility index (Phi) is 8.32. The average molecular weight is 482 g/mol. The van der Waals surface area contributed by atoms with Crippen molar-refractivity contribution in [3.63, 3.8) is 0 Å². The summed E-state index contributed by atoms with van der Waals surface area (Å²) in [7, 11) is -0.289. The predicted octanol–water partition coefficient (Wildman–Crippen LogP) is 0.844. The minimum Gasteiger partial charge on any atom is -0.423 e. The van der Waals surface area contributed by atoms with Gasteiger partial charge in [-0.15, -0.1) is 0 Å². The third-order valence-corrected chi connectivity index (χ3v) is 7.40. The van der Waals surface area contributed by atoms with Gasteiger partial charge >= 0.3 is 29.6 Å². The number of nitrogens with one attached hydrogen (secondary N) is 1. The number of benzene rings is 1. The van der Waals surface area contributed by atoms with Gasteiger partial charge in [0.1, 0.15) is 0 Å². The maximum absolute atomic E-state index is 12.9. The third-order valence-electron chi connectivity index (χ3n) is 6.27. The van der Waals surface area contributed by atoms with Crippen LogP contribution in [0.1, 0.15) is 60.7 Å². The number of carbonyl (C=O) groups is 1. The number of aromatic nitrogens is 2. The van der Waals surface area contributed by atoms with Crippen LogP contribution in [-0.4, -0.2) is 49.8 Å². The van der Waals surface area contributed by atoms with E-state index < -0.39 is 16.1 Å². The molecule has 1 N–H and O–H groups in total. The van der Waals surface area contributed by atoms with Gasteiger partial charge in [0.2, 0.25) is 10.0 Å². The van der Waals surface area contributed by atoms with Gasteiger partial charge in [-0.1, -0.05) is 6.07 Å². The van der Waals surface area contributed by atoms with Crippen molar-refractivity contribution < 1.29 is 42.8 Å². The van der Waals surface area contributed by atoms with Crippen LogP contribution in [0.2, 0.25) is 0 Å². The van der Waals surface area contributed by atoms with Crippen LogP contribution < -0.4 is 34.9 Å². The van der Waals surface area contributed by atoms with E-state index in [1.165, 1.54) is 17.2 Å². The van der Waals surface area contributed by atoms with Crippen molar-refractivity contribution in [1.82, 2.24) is 14.7 Å². The zero-order chi connectivity index (χ0) is 23.0. The Labute approximate surface area is 218 Å². The monoisotopic (exact) mass is 481 g/mol. The molecule has 0 saturated heterocycles. The summed E-state index contributed by atoms with van der Waals surface area (Å²) >= 11 is 0. The zero-order valence-corrected chi connectivity index (χ0v) is 23.1. The predicted molar refractivity (Wildman–Crippen MR) is 125 cm³/mol. The summed E-state index contributed by atoms with van der Waals surface area (Å²) < 4.78 is 31.1. The molecular weight excluding hydrogens is 449 g/mol. The zero-order valence-electron chi connectivity index (χ0n) is 20.3. The number of sulfonamides is 1. The van der Waals surface area contributed by atoms with Crippen molar-refractivity contribution in [2.24, 2.45) is 0 Å². The van der Waals surface area contributed by atoms with E-state index in [0.717, 1.165) is 67.6 Å². The van der Waals surface area contributed by atoms with Crippen molar-refractivity contribution >= 4 is 21.7 Å². The van der Waals surface area contributed by atoms with Crippen LogP contribution in [0.25, 0.3) is 4.72 Å². The number of hydrogen-bond donors (Lipinski definition) is 1. The molecule has 4 rings (SSSR count). The van der Waals surface area contributed by atoms with Crippen LogP contribution in [0, 0.1) is 0 Å². The molecule has 0 fully saturated rings. The second kappa shape index (κ2) is 10.5. The van der Waals surface area contributed by atoms with Gasteiger partial charge in [-0.25, -0.2) is 8.42 Å². The van der Waals surface area contributed by atoms with Crippen molar-refractivity contribution in [2.45, 2.75) is 69.9 Å². The first-order valence-electron chi connectivity index (χ1n) is 11.3. The van der Waals surface area contributed by atoms with Gasteiger partial charge in [0.25, 0.3) is 0 Å². The summed E-state index contributed by atoms with van der Waals surface area (Å²) in [5.74, 6) is 0. The van der Waals surface area contributed by atoms with Gasteiger partial charge in [-0.2, -0.15) is 5.10 Å². The van der Waals surface area contributed by atoms with Gasteiger partial charge in [-0.05, 0) is 100 Å². The molecule has 0 saturated carbocycles. The second-order valence-electron chi connectivity index (χ2n) is 9.30. The third kappa shape index (κ3) is 5.65. The first kappa shape index (κ1) is 26.2. The summed E-state index contributed by atoms with van der Waals surface area (Å²) in [6, 6.07) is 2.95. The number of carbonyl (C=O) groups excluding carboxylic acids is 1. The summed E-state index contributed by atoms with van der Waals surface area (Å²) in [6.45, 7) is 4.66. The molecule has 0 unspecified atom stereocenters. The summed E-state index contributed by atoms with van der Waals surface area (Å²) in [5.41, 5.74) is 6.41. The van der Waals surface area contributed by atoms with E-state index in [-0.39, 0.29) is 40.6 Å². The Bertz CT molecular complexity index is 1110. The molecule has 174 valence electrons. The Hall–Kier alpha value is -1.39. The average Bonchev–Trinajstić information content (AvgIpc) is 3.44. The molecule has 8 nitrogen and oxygen atoms in total. The SMILES string of the molecule is CC(C)n1nc(S(=O)(=O)[N-]C(=O)Nc2c3c(cc4c2CCC4)CCC3)cc1CCN(C)C.[Na+]. The first-order valence-corrected chi connectivity index (χ1v) is 12.8. The van der Waals surface area contributed by atoms with E-state index >= 15 is 0 Å². The fourth-order valence-corrected chi connectivity index (χ4v) is 5.59. The second-order valence-corrected chi connectivity index (χ2v) is 10.8. The molecule has 0 aliphatic heterocycles. The molecule has 0 atom stereocenters. The largest absolute Gasteiger partial charge is 1.00 e. The van der Waals surface area contributed by atoms with Crippen LogP contribution in [0.15, 0.2) is 17.2 Å². The summed E-state index contributed by atoms with van der Waals surface area (Å²) in [5, 5.41) is 6.92. The number of anilines is 1. The van der Waals surface area contributed by atoms with Crippen LogP contribution >= 0.6 is 0 Å². The van der Waals surface area contributed by atoms with Gasteiger partial charge in [-0.3, -0.25) is 9.48 Å².